The molecule has 17 heavy (non-hydrogen) atoms. The van der Waals surface area contributed by atoms with Crippen molar-refractivity contribution in [1.29, 1.82) is 0 Å². The molecule has 0 unspecified atom stereocenters. The van der Waals surface area contributed by atoms with Crippen molar-refractivity contribution in [2.75, 3.05) is 13.1 Å². The average Bonchev–Trinajstić information content (AvgIpc) is 2.69. The van der Waals surface area contributed by atoms with Gasteiger partial charge in [0.15, 0.2) is 12.0 Å². The largest absolute Gasteiger partial charge is 0.487 e. The Balaban J connectivity index is 1.67. The molecule has 1 amide bonds. The summed E-state index contributed by atoms with van der Waals surface area (Å²) >= 11 is 0. The number of hydrogen-bond donors (Lipinski definition) is 1. The van der Waals surface area contributed by atoms with Gasteiger partial charge < -0.3 is 19.2 Å². The van der Waals surface area contributed by atoms with Gasteiger partial charge in [0.2, 0.25) is 0 Å². The second-order valence-corrected chi connectivity index (χ2v) is 3.91. The molecule has 6 heteroatoms. The van der Waals surface area contributed by atoms with Gasteiger partial charge in [-0.3, -0.25) is 0 Å². The van der Waals surface area contributed by atoms with Gasteiger partial charge in [-0.1, -0.05) is 0 Å². The highest BCUT2D eigenvalue weighted by Gasteiger charge is 2.32. The van der Waals surface area contributed by atoms with Crippen LogP contribution in [0.15, 0.2) is 29.0 Å². The number of amides is 1. The molecule has 3 rings (SSSR count). The quantitative estimate of drug-likeness (QED) is 0.853. The molecule has 0 bridgehead atoms. The number of hydrogen-bond acceptors (Lipinski definition) is 4. The summed E-state index contributed by atoms with van der Waals surface area (Å²) in [6, 6.07) is 5.35. The fourth-order valence-electron chi connectivity index (χ4n) is 1.77. The van der Waals surface area contributed by atoms with Crippen LogP contribution >= 0.6 is 0 Å². The van der Waals surface area contributed by atoms with Crippen molar-refractivity contribution in [3.05, 3.63) is 24.6 Å². The van der Waals surface area contributed by atoms with Crippen LogP contribution < -0.4 is 4.74 Å². The molecule has 2 aromatic rings. The Bertz CT molecular complexity index is 559. The van der Waals surface area contributed by atoms with Crippen molar-refractivity contribution in [1.82, 2.24) is 9.88 Å². The molecule has 1 fully saturated rings. The molecule has 1 aliphatic rings. The van der Waals surface area contributed by atoms with Gasteiger partial charge in [0.05, 0.1) is 13.1 Å². The zero-order valence-corrected chi connectivity index (χ0v) is 8.87. The first-order valence-corrected chi connectivity index (χ1v) is 5.20. The van der Waals surface area contributed by atoms with Gasteiger partial charge in [-0.2, -0.15) is 0 Å². The lowest BCUT2D eigenvalue weighted by Gasteiger charge is -2.36. The number of fused-ring (bicyclic) bond motifs is 1. The molecule has 6 nitrogen and oxygen atoms in total. The van der Waals surface area contributed by atoms with Crippen molar-refractivity contribution < 1.29 is 19.1 Å². The Morgan fingerprint density at radius 2 is 2.35 bits per heavy atom. The second kappa shape index (κ2) is 3.65. The number of likely N-dealkylation sites (tertiary alicyclic amines) is 1. The van der Waals surface area contributed by atoms with E-state index in [1.807, 2.05) is 0 Å². The van der Waals surface area contributed by atoms with E-state index in [4.69, 9.17) is 14.3 Å². The highest BCUT2D eigenvalue weighted by Crippen LogP contribution is 2.22. The predicted octanol–water partition coefficient (Wildman–Crippen LogP) is 1.57. The maximum absolute atomic E-state index is 10.6. The number of carboxylic acid groups (broad SMARTS) is 1. The number of nitrogens with zero attached hydrogens (tertiary/aromatic N) is 2. The Morgan fingerprint density at radius 1 is 1.53 bits per heavy atom. The Kier molecular flexibility index (Phi) is 2.14. The van der Waals surface area contributed by atoms with Crippen LogP contribution in [-0.4, -0.2) is 40.3 Å². The fraction of sp³-hybridized carbons (Fsp3) is 0.273. The lowest BCUT2D eigenvalue weighted by molar-refractivity contribution is 0.0253. The SMILES string of the molecule is O=C(O)N1CC(Oc2ccc3ocnc3c2)C1. The lowest BCUT2D eigenvalue weighted by atomic mass is 10.2. The van der Waals surface area contributed by atoms with E-state index in [1.165, 1.54) is 11.3 Å². The molecule has 0 radical (unpaired) electrons. The van der Waals surface area contributed by atoms with Crippen LogP contribution in [0.1, 0.15) is 0 Å². The molecule has 1 aromatic carbocycles. The topological polar surface area (TPSA) is 75.8 Å². The minimum absolute atomic E-state index is 0.0737. The van der Waals surface area contributed by atoms with Crippen LogP contribution in [0.3, 0.4) is 0 Å². The van der Waals surface area contributed by atoms with Crippen molar-refractivity contribution in [3.8, 4) is 5.75 Å². The normalized spacial score (nSPS) is 15.9. The van der Waals surface area contributed by atoms with E-state index in [0.717, 1.165) is 5.52 Å². The molecule has 0 saturated carbocycles. The van der Waals surface area contributed by atoms with Crippen molar-refractivity contribution in [2.45, 2.75) is 6.10 Å². The highest BCUT2D eigenvalue weighted by molar-refractivity contribution is 5.73. The summed E-state index contributed by atoms with van der Waals surface area (Å²) in [7, 11) is 0. The van der Waals surface area contributed by atoms with E-state index in [0.29, 0.717) is 24.4 Å². The zero-order valence-electron chi connectivity index (χ0n) is 8.87. The monoisotopic (exact) mass is 234 g/mol. The smallest absolute Gasteiger partial charge is 0.407 e. The van der Waals surface area contributed by atoms with Gasteiger partial charge in [-0.05, 0) is 12.1 Å². The molecule has 1 N–H and O–H groups in total. The predicted molar refractivity (Wildman–Crippen MR) is 58.0 cm³/mol. The molecule has 0 spiro atoms. The summed E-state index contributed by atoms with van der Waals surface area (Å²) in [5.41, 5.74) is 1.44. The number of oxazole rings is 1. The van der Waals surface area contributed by atoms with Gasteiger partial charge in [0.25, 0.3) is 0 Å². The van der Waals surface area contributed by atoms with Gasteiger partial charge in [0.1, 0.15) is 17.4 Å². The van der Waals surface area contributed by atoms with Crippen LogP contribution in [0.5, 0.6) is 5.75 Å². The van der Waals surface area contributed by atoms with Crippen LogP contribution in [0.25, 0.3) is 11.1 Å². The third-order valence-electron chi connectivity index (χ3n) is 2.72. The lowest BCUT2D eigenvalue weighted by Crippen LogP contribution is -2.55. The standard InChI is InChI=1S/C11H10N2O4/c14-11(15)13-4-8(5-13)17-7-1-2-10-9(3-7)12-6-16-10/h1-3,6,8H,4-5H2,(H,14,15). The summed E-state index contributed by atoms with van der Waals surface area (Å²) in [5, 5.41) is 8.68. The van der Waals surface area contributed by atoms with E-state index < -0.39 is 6.09 Å². The molecule has 0 aliphatic carbocycles. The Morgan fingerprint density at radius 3 is 3.12 bits per heavy atom. The number of aromatic nitrogens is 1. The summed E-state index contributed by atoms with van der Waals surface area (Å²) in [6.07, 6.45) is 0.400. The molecule has 1 aromatic heterocycles. The van der Waals surface area contributed by atoms with Crippen molar-refractivity contribution in [2.24, 2.45) is 0 Å². The maximum atomic E-state index is 10.6. The van der Waals surface area contributed by atoms with Gasteiger partial charge >= 0.3 is 6.09 Å². The summed E-state index contributed by atoms with van der Waals surface area (Å²) < 4.78 is 10.7. The van der Waals surface area contributed by atoms with Gasteiger partial charge in [-0.25, -0.2) is 9.78 Å². The second-order valence-electron chi connectivity index (χ2n) is 3.91. The third kappa shape index (κ3) is 1.77. The van der Waals surface area contributed by atoms with E-state index in [9.17, 15) is 4.79 Å². The van der Waals surface area contributed by atoms with E-state index >= 15 is 0 Å². The van der Waals surface area contributed by atoms with Crippen molar-refractivity contribution in [3.63, 3.8) is 0 Å². The minimum Gasteiger partial charge on any atom is -0.487 e. The average molecular weight is 234 g/mol. The molecule has 2 heterocycles. The van der Waals surface area contributed by atoms with Crippen molar-refractivity contribution >= 4 is 17.2 Å². The summed E-state index contributed by atoms with van der Waals surface area (Å²) in [5.74, 6) is 0.682. The fourth-order valence-corrected chi connectivity index (χ4v) is 1.77. The first kappa shape index (κ1) is 9.95. The van der Waals surface area contributed by atoms with Crippen LogP contribution in [-0.2, 0) is 0 Å². The minimum atomic E-state index is -0.906. The molecular formula is C11H10N2O4. The number of rotatable bonds is 2. The van der Waals surface area contributed by atoms with E-state index in [1.54, 1.807) is 18.2 Å². The molecular weight excluding hydrogens is 224 g/mol. The number of benzene rings is 1. The van der Waals surface area contributed by atoms with Gasteiger partial charge in [-0.15, -0.1) is 0 Å². The molecule has 0 atom stereocenters. The Labute approximate surface area is 96.4 Å². The third-order valence-corrected chi connectivity index (χ3v) is 2.72. The van der Waals surface area contributed by atoms with Crippen LogP contribution in [0.2, 0.25) is 0 Å². The van der Waals surface area contributed by atoms with Crippen LogP contribution in [0.4, 0.5) is 4.79 Å². The summed E-state index contributed by atoms with van der Waals surface area (Å²) in [4.78, 5) is 15.9. The zero-order chi connectivity index (χ0) is 11.8. The van der Waals surface area contributed by atoms with Gasteiger partial charge in [0, 0.05) is 6.07 Å². The Hall–Kier alpha value is -2.24. The maximum Gasteiger partial charge on any atom is 0.407 e. The number of ether oxygens (including phenoxy) is 1. The first-order valence-electron chi connectivity index (χ1n) is 5.20. The first-order chi connectivity index (χ1) is 8.22. The molecule has 1 saturated heterocycles. The molecule has 1 aliphatic heterocycles. The summed E-state index contributed by atoms with van der Waals surface area (Å²) in [6.45, 7) is 0.818. The number of carbonyl (C=O) groups is 1. The molecule has 88 valence electrons. The highest BCUT2D eigenvalue weighted by atomic mass is 16.5. The van der Waals surface area contributed by atoms with E-state index in [-0.39, 0.29) is 6.10 Å². The van der Waals surface area contributed by atoms with E-state index in [2.05, 4.69) is 4.98 Å². The van der Waals surface area contributed by atoms with Crippen LogP contribution in [0, 0.1) is 0 Å².